The van der Waals surface area contributed by atoms with Crippen LogP contribution in [0.1, 0.15) is 31.6 Å². The molecule has 2 atom stereocenters. The van der Waals surface area contributed by atoms with Crippen molar-refractivity contribution in [3.8, 4) is 0 Å². The molecule has 0 bridgehead atoms. The molecule has 0 spiro atoms. The molecule has 3 nitrogen and oxygen atoms in total. The Hall–Kier alpha value is -0.450. The number of nitrogens with one attached hydrogen (secondary N) is 1. The average molecular weight is 242 g/mol. The number of likely N-dealkylation sites (N-methyl/N-ethyl adjacent to an activating group) is 1. The Labute approximate surface area is 102 Å². The van der Waals surface area contributed by atoms with Gasteiger partial charge in [0.15, 0.2) is 0 Å². The molecule has 0 aliphatic rings. The lowest BCUT2D eigenvalue weighted by Gasteiger charge is -2.26. The lowest BCUT2D eigenvalue weighted by Crippen LogP contribution is -2.41. The van der Waals surface area contributed by atoms with Gasteiger partial charge in [-0.05, 0) is 20.4 Å². The van der Waals surface area contributed by atoms with Crippen molar-refractivity contribution in [1.29, 1.82) is 0 Å². The number of hydrogen-bond acceptors (Lipinski definition) is 4. The lowest BCUT2D eigenvalue weighted by molar-refractivity contribution is 0.0302. The Morgan fingerprint density at radius 3 is 2.81 bits per heavy atom. The number of nitrogens with zero attached hydrogens (tertiary/aromatic N) is 1. The minimum atomic E-state index is 0.307. The van der Waals surface area contributed by atoms with E-state index in [1.807, 2.05) is 18.8 Å². The van der Waals surface area contributed by atoms with E-state index in [-0.39, 0.29) is 0 Å². The minimum Gasteiger partial charge on any atom is -0.377 e. The number of ether oxygens (including phenoxy) is 1. The van der Waals surface area contributed by atoms with Gasteiger partial charge in [-0.3, -0.25) is 4.98 Å². The van der Waals surface area contributed by atoms with E-state index in [9.17, 15) is 0 Å². The maximum atomic E-state index is 5.81. The summed E-state index contributed by atoms with van der Waals surface area (Å²) in [4.78, 5) is 5.43. The van der Waals surface area contributed by atoms with Crippen molar-refractivity contribution in [3.63, 3.8) is 0 Å². The van der Waals surface area contributed by atoms with E-state index in [4.69, 9.17) is 4.74 Å². The summed E-state index contributed by atoms with van der Waals surface area (Å²) in [6.45, 7) is 5.04. The highest BCUT2D eigenvalue weighted by atomic mass is 32.1. The Balaban J connectivity index is 2.55. The third-order valence-corrected chi connectivity index (χ3v) is 3.48. The van der Waals surface area contributed by atoms with E-state index in [1.54, 1.807) is 11.3 Å². The first-order chi connectivity index (χ1) is 7.81. The third-order valence-electron chi connectivity index (χ3n) is 2.68. The molecule has 0 fully saturated rings. The fraction of sp³-hybridized carbons (Fsp3) is 0.750. The number of thiazole rings is 1. The van der Waals surface area contributed by atoms with Crippen LogP contribution in [-0.2, 0) is 11.2 Å². The van der Waals surface area contributed by atoms with Gasteiger partial charge in [-0.25, -0.2) is 0 Å². The first-order valence-electron chi connectivity index (χ1n) is 5.98. The van der Waals surface area contributed by atoms with Crippen LogP contribution < -0.4 is 5.32 Å². The minimum absolute atomic E-state index is 0.307. The molecule has 2 unspecified atom stereocenters. The zero-order valence-corrected chi connectivity index (χ0v) is 11.2. The van der Waals surface area contributed by atoms with Gasteiger partial charge in [0.1, 0.15) is 0 Å². The quantitative estimate of drug-likeness (QED) is 0.760. The summed E-state index contributed by atoms with van der Waals surface area (Å²) in [6, 6.07) is 0.389. The molecule has 92 valence electrons. The predicted octanol–water partition coefficient (Wildman–Crippen LogP) is 2.48. The number of hydrogen-bond donors (Lipinski definition) is 1. The van der Waals surface area contributed by atoms with Crippen molar-refractivity contribution >= 4 is 11.3 Å². The molecule has 0 aliphatic heterocycles. The van der Waals surface area contributed by atoms with Gasteiger partial charge in [0, 0.05) is 30.1 Å². The maximum Gasteiger partial charge on any atom is 0.0794 e. The molecule has 1 aromatic heterocycles. The SMILES string of the molecule is CCCC(OCC)C(Cc1cncs1)NC. The third kappa shape index (κ3) is 4.20. The maximum absolute atomic E-state index is 5.81. The zero-order chi connectivity index (χ0) is 11.8. The molecule has 1 rings (SSSR count). The van der Waals surface area contributed by atoms with Crippen molar-refractivity contribution in [2.24, 2.45) is 0 Å². The number of aromatic nitrogens is 1. The molecule has 1 aromatic rings. The second-order valence-corrected chi connectivity index (χ2v) is 4.82. The highest BCUT2D eigenvalue weighted by Gasteiger charge is 2.20. The smallest absolute Gasteiger partial charge is 0.0794 e. The van der Waals surface area contributed by atoms with Crippen LogP contribution in [0.5, 0.6) is 0 Å². The molecule has 0 aromatic carbocycles. The Kier molecular flexibility index (Phi) is 6.61. The largest absolute Gasteiger partial charge is 0.377 e. The molecule has 0 saturated heterocycles. The van der Waals surface area contributed by atoms with Crippen LogP contribution in [0, 0.1) is 0 Å². The van der Waals surface area contributed by atoms with Crippen molar-refractivity contribution in [2.75, 3.05) is 13.7 Å². The van der Waals surface area contributed by atoms with Crippen LogP contribution in [0.4, 0.5) is 0 Å². The Morgan fingerprint density at radius 2 is 2.31 bits per heavy atom. The van der Waals surface area contributed by atoms with E-state index in [1.165, 1.54) is 4.88 Å². The standard InChI is InChI=1S/C12H22N2OS/c1-4-6-12(15-5-2)11(13-3)7-10-8-14-9-16-10/h8-9,11-13H,4-7H2,1-3H3. The Morgan fingerprint density at radius 1 is 1.50 bits per heavy atom. The summed E-state index contributed by atoms with van der Waals surface area (Å²) in [5.41, 5.74) is 1.89. The van der Waals surface area contributed by atoms with E-state index >= 15 is 0 Å². The van der Waals surface area contributed by atoms with Crippen LogP contribution in [0.2, 0.25) is 0 Å². The topological polar surface area (TPSA) is 34.1 Å². The predicted molar refractivity (Wildman–Crippen MR) is 69.0 cm³/mol. The number of rotatable bonds is 8. The van der Waals surface area contributed by atoms with Crippen LogP contribution in [-0.4, -0.2) is 30.8 Å². The van der Waals surface area contributed by atoms with E-state index in [0.717, 1.165) is 25.9 Å². The van der Waals surface area contributed by atoms with Crippen LogP contribution in [0.3, 0.4) is 0 Å². The average Bonchev–Trinajstić information content (AvgIpc) is 2.78. The Bertz CT molecular complexity index is 258. The first-order valence-corrected chi connectivity index (χ1v) is 6.86. The summed E-state index contributed by atoms with van der Waals surface area (Å²) in [5.74, 6) is 0. The molecule has 1 heterocycles. The fourth-order valence-electron chi connectivity index (χ4n) is 1.88. The fourth-order valence-corrected chi connectivity index (χ4v) is 2.53. The van der Waals surface area contributed by atoms with Gasteiger partial charge >= 0.3 is 0 Å². The van der Waals surface area contributed by atoms with Gasteiger partial charge < -0.3 is 10.1 Å². The van der Waals surface area contributed by atoms with Gasteiger partial charge in [0.25, 0.3) is 0 Å². The van der Waals surface area contributed by atoms with Gasteiger partial charge in [-0.1, -0.05) is 13.3 Å². The monoisotopic (exact) mass is 242 g/mol. The van der Waals surface area contributed by atoms with Crippen molar-refractivity contribution in [3.05, 3.63) is 16.6 Å². The van der Waals surface area contributed by atoms with E-state index < -0.39 is 0 Å². The summed E-state index contributed by atoms with van der Waals surface area (Å²) < 4.78 is 5.81. The molecular weight excluding hydrogens is 220 g/mol. The molecular formula is C12H22N2OS. The normalized spacial score (nSPS) is 14.9. The molecule has 4 heteroatoms. The van der Waals surface area contributed by atoms with Crippen LogP contribution >= 0.6 is 11.3 Å². The summed E-state index contributed by atoms with van der Waals surface area (Å²) in [5, 5.41) is 3.36. The summed E-state index contributed by atoms with van der Waals surface area (Å²) in [7, 11) is 2.01. The van der Waals surface area contributed by atoms with Crippen LogP contribution in [0.25, 0.3) is 0 Å². The second-order valence-electron chi connectivity index (χ2n) is 3.85. The van der Waals surface area contributed by atoms with Gasteiger partial charge in [-0.15, -0.1) is 11.3 Å². The second kappa shape index (κ2) is 7.76. The molecule has 0 radical (unpaired) electrons. The molecule has 1 N–H and O–H groups in total. The van der Waals surface area contributed by atoms with Crippen molar-refractivity contribution in [2.45, 2.75) is 45.3 Å². The van der Waals surface area contributed by atoms with Crippen LogP contribution in [0.15, 0.2) is 11.7 Å². The van der Waals surface area contributed by atoms with E-state index in [0.29, 0.717) is 12.1 Å². The van der Waals surface area contributed by atoms with Crippen molar-refractivity contribution < 1.29 is 4.74 Å². The van der Waals surface area contributed by atoms with Crippen molar-refractivity contribution in [1.82, 2.24) is 10.3 Å². The van der Waals surface area contributed by atoms with E-state index in [2.05, 4.69) is 24.1 Å². The molecule has 16 heavy (non-hydrogen) atoms. The highest BCUT2D eigenvalue weighted by Crippen LogP contribution is 2.15. The molecule has 0 aliphatic carbocycles. The zero-order valence-electron chi connectivity index (χ0n) is 10.4. The summed E-state index contributed by atoms with van der Waals surface area (Å²) in [6.07, 6.45) is 5.53. The van der Waals surface area contributed by atoms with Gasteiger partial charge in [-0.2, -0.15) is 0 Å². The lowest BCUT2D eigenvalue weighted by atomic mass is 10.0. The first kappa shape index (κ1) is 13.6. The van der Waals surface area contributed by atoms with Gasteiger partial charge in [0.2, 0.25) is 0 Å². The molecule has 0 amide bonds. The molecule has 0 saturated carbocycles. The van der Waals surface area contributed by atoms with Gasteiger partial charge in [0.05, 0.1) is 11.6 Å². The summed E-state index contributed by atoms with van der Waals surface area (Å²) >= 11 is 1.71. The highest BCUT2D eigenvalue weighted by molar-refractivity contribution is 7.09.